The Hall–Kier alpha value is 0.350. The highest BCUT2D eigenvalue weighted by atomic mass is 32.2. The summed E-state index contributed by atoms with van der Waals surface area (Å²) in [4.78, 5) is 0. The fourth-order valence-corrected chi connectivity index (χ4v) is 2.13. The first-order chi connectivity index (χ1) is 5.31. The zero-order valence-electron chi connectivity index (χ0n) is 8.23. The first-order valence-corrected chi connectivity index (χ1v) is 5.97. The van der Waals surface area contributed by atoms with Crippen molar-refractivity contribution in [3.63, 3.8) is 0 Å². The molecular formula is C10H22S. The van der Waals surface area contributed by atoms with Gasteiger partial charge in [0.15, 0.2) is 0 Å². The average molecular weight is 174 g/mol. The summed E-state index contributed by atoms with van der Waals surface area (Å²) < 4.78 is 0. The Labute approximate surface area is 76.1 Å². The molecule has 1 heteroatoms. The maximum Gasteiger partial charge on any atom is 0.00186 e. The maximum absolute atomic E-state index is 2.35. The highest BCUT2D eigenvalue weighted by molar-refractivity contribution is 7.99. The molecule has 0 aliphatic heterocycles. The van der Waals surface area contributed by atoms with Gasteiger partial charge in [0.05, 0.1) is 0 Å². The summed E-state index contributed by atoms with van der Waals surface area (Å²) in [6, 6.07) is 0. The Morgan fingerprint density at radius 3 is 2.36 bits per heavy atom. The Morgan fingerprint density at radius 1 is 1.09 bits per heavy atom. The van der Waals surface area contributed by atoms with Crippen LogP contribution in [0.1, 0.15) is 52.9 Å². The van der Waals surface area contributed by atoms with E-state index in [0.29, 0.717) is 0 Å². The molecule has 11 heavy (non-hydrogen) atoms. The van der Waals surface area contributed by atoms with E-state index in [1.807, 2.05) is 0 Å². The summed E-state index contributed by atoms with van der Waals surface area (Å²) in [6.07, 6.45) is 7.06. The van der Waals surface area contributed by atoms with Gasteiger partial charge in [-0.3, -0.25) is 0 Å². The van der Waals surface area contributed by atoms with Crippen LogP contribution >= 0.6 is 11.8 Å². The molecule has 0 spiro atoms. The van der Waals surface area contributed by atoms with Crippen molar-refractivity contribution in [2.45, 2.75) is 58.1 Å². The van der Waals surface area contributed by atoms with Crippen molar-refractivity contribution in [3.05, 3.63) is 0 Å². The summed E-state index contributed by atoms with van der Waals surface area (Å²) in [7, 11) is 0. The number of thioether (sulfide) groups is 1. The molecule has 0 aromatic carbocycles. The van der Waals surface area contributed by atoms with Gasteiger partial charge in [-0.2, -0.15) is 11.8 Å². The number of hydrogen-bond donors (Lipinski definition) is 0. The third kappa shape index (κ3) is 8.25. The van der Waals surface area contributed by atoms with Gasteiger partial charge in [0.1, 0.15) is 0 Å². The van der Waals surface area contributed by atoms with Crippen molar-refractivity contribution in [2.24, 2.45) is 0 Å². The van der Waals surface area contributed by atoms with E-state index >= 15 is 0 Å². The van der Waals surface area contributed by atoms with E-state index in [1.54, 1.807) is 0 Å². The van der Waals surface area contributed by atoms with Crippen molar-refractivity contribution >= 4 is 11.8 Å². The molecule has 0 rings (SSSR count). The molecule has 0 aromatic heterocycles. The Kier molecular flexibility index (Phi) is 8.72. The van der Waals surface area contributed by atoms with Crippen LogP contribution < -0.4 is 0 Å². The van der Waals surface area contributed by atoms with Gasteiger partial charge in [-0.15, -0.1) is 0 Å². The van der Waals surface area contributed by atoms with Crippen molar-refractivity contribution < 1.29 is 0 Å². The molecule has 0 aliphatic rings. The normalized spacial score (nSPS) is 13.4. The van der Waals surface area contributed by atoms with E-state index in [9.17, 15) is 0 Å². The van der Waals surface area contributed by atoms with Crippen molar-refractivity contribution in [1.82, 2.24) is 0 Å². The fraction of sp³-hybridized carbons (Fsp3) is 1.00. The van der Waals surface area contributed by atoms with Gasteiger partial charge in [0, 0.05) is 5.25 Å². The highest BCUT2D eigenvalue weighted by Gasteiger charge is 1.99. The second-order valence-electron chi connectivity index (χ2n) is 3.12. The van der Waals surface area contributed by atoms with Gasteiger partial charge < -0.3 is 0 Å². The van der Waals surface area contributed by atoms with Crippen LogP contribution in [-0.2, 0) is 0 Å². The SMILES string of the molecule is CCCCCCC(C)SCC. The molecule has 0 saturated carbocycles. The number of hydrogen-bond acceptors (Lipinski definition) is 1. The van der Waals surface area contributed by atoms with Gasteiger partial charge in [-0.25, -0.2) is 0 Å². The maximum atomic E-state index is 2.35. The largest absolute Gasteiger partial charge is 0.159 e. The second-order valence-corrected chi connectivity index (χ2v) is 4.83. The molecule has 1 atom stereocenters. The standard InChI is InChI=1S/C10H22S/c1-4-6-7-8-9-10(3)11-5-2/h10H,4-9H2,1-3H3. The van der Waals surface area contributed by atoms with Crippen LogP contribution in [0.3, 0.4) is 0 Å². The predicted molar refractivity (Wildman–Crippen MR) is 56.4 cm³/mol. The quantitative estimate of drug-likeness (QED) is 0.524. The summed E-state index contributed by atoms with van der Waals surface area (Å²) in [6.45, 7) is 6.86. The van der Waals surface area contributed by atoms with Gasteiger partial charge in [-0.05, 0) is 12.2 Å². The van der Waals surface area contributed by atoms with Crippen LogP contribution in [-0.4, -0.2) is 11.0 Å². The lowest BCUT2D eigenvalue weighted by Crippen LogP contribution is -1.95. The van der Waals surface area contributed by atoms with Gasteiger partial charge in [0.2, 0.25) is 0 Å². The van der Waals surface area contributed by atoms with Gasteiger partial charge >= 0.3 is 0 Å². The summed E-state index contributed by atoms with van der Waals surface area (Å²) in [5, 5.41) is 0.886. The predicted octanol–water partition coefficient (Wildman–Crippen LogP) is 4.10. The molecular weight excluding hydrogens is 152 g/mol. The van der Waals surface area contributed by atoms with E-state index in [1.165, 1.54) is 37.9 Å². The van der Waals surface area contributed by atoms with Crippen LogP contribution in [0.5, 0.6) is 0 Å². The molecule has 0 amide bonds. The minimum absolute atomic E-state index is 0.886. The zero-order valence-corrected chi connectivity index (χ0v) is 9.04. The van der Waals surface area contributed by atoms with E-state index in [4.69, 9.17) is 0 Å². The monoisotopic (exact) mass is 174 g/mol. The van der Waals surface area contributed by atoms with E-state index in [0.717, 1.165) is 5.25 Å². The molecule has 0 N–H and O–H groups in total. The lowest BCUT2D eigenvalue weighted by atomic mass is 10.1. The zero-order chi connectivity index (χ0) is 8.53. The topological polar surface area (TPSA) is 0 Å². The average Bonchev–Trinajstić information content (AvgIpc) is 1.99. The first-order valence-electron chi connectivity index (χ1n) is 4.92. The Morgan fingerprint density at radius 2 is 1.82 bits per heavy atom. The molecule has 0 aromatic rings. The fourth-order valence-electron chi connectivity index (χ4n) is 1.23. The van der Waals surface area contributed by atoms with Gasteiger partial charge in [0.25, 0.3) is 0 Å². The van der Waals surface area contributed by atoms with Crippen LogP contribution in [0, 0.1) is 0 Å². The summed E-state index contributed by atoms with van der Waals surface area (Å²) in [5.41, 5.74) is 0. The number of unbranched alkanes of at least 4 members (excludes halogenated alkanes) is 3. The van der Waals surface area contributed by atoms with E-state index < -0.39 is 0 Å². The molecule has 0 radical (unpaired) electrons. The lowest BCUT2D eigenvalue weighted by Gasteiger charge is -2.08. The first kappa shape index (κ1) is 11.4. The smallest absolute Gasteiger partial charge is 0.00186 e. The highest BCUT2D eigenvalue weighted by Crippen LogP contribution is 2.16. The molecule has 68 valence electrons. The van der Waals surface area contributed by atoms with Crippen molar-refractivity contribution in [1.29, 1.82) is 0 Å². The molecule has 0 aliphatic carbocycles. The van der Waals surface area contributed by atoms with Crippen LogP contribution in [0.2, 0.25) is 0 Å². The van der Waals surface area contributed by atoms with Crippen molar-refractivity contribution in [3.8, 4) is 0 Å². The van der Waals surface area contributed by atoms with E-state index in [-0.39, 0.29) is 0 Å². The summed E-state index contributed by atoms with van der Waals surface area (Å²) in [5.74, 6) is 1.27. The minimum Gasteiger partial charge on any atom is -0.159 e. The molecule has 0 heterocycles. The lowest BCUT2D eigenvalue weighted by molar-refractivity contribution is 0.631. The Bertz CT molecular complexity index is 71.3. The molecule has 0 bridgehead atoms. The minimum atomic E-state index is 0.886. The van der Waals surface area contributed by atoms with Crippen LogP contribution in [0.25, 0.3) is 0 Å². The molecule has 0 fully saturated rings. The molecule has 0 saturated heterocycles. The number of rotatable bonds is 7. The van der Waals surface area contributed by atoms with Gasteiger partial charge in [-0.1, -0.05) is 46.5 Å². The molecule has 1 unspecified atom stereocenters. The van der Waals surface area contributed by atoms with Crippen LogP contribution in [0.15, 0.2) is 0 Å². The third-order valence-corrected chi connectivity index (χ3v) is 3.05. The van der Waals surface area contributed by atoms with E-state index in [2.05, 4.69) is 32.5 Å². The second kappa shape index (κ2) is 8.45. The summed E-state index contributed by atoms with van der Waals surface area (Å²) >= 11 is 2.09. The van der Waals surface area contributed by atoms with Crippen molar-refractivity contribution in [2.75, 3.05) is 5.75 Å². The third-order valence-electron chi connectivity index (χ3n) is 1.92. The molecule has 0 nitrogen and oxygen atoms in total. The Balaban J connectivity index is 2.97. The van der Waals surface area contributed by atoms with Crippen LogP contribution in [0.4, 0.5) is 0 Å².